The van der Waals surface area contributed by atoms with Gasteiger partial charge in [0.25, 0.3) is 0 Å². The molecule has 2 heterocycles. The molecule has 3 N–H and O–H groups in total. The van der Waals surface area contributed by atoms with Crippen molar-refractivity contribution in [1.29, 1.82) is 0 Å². The fraction of sp³-hybridized carbons (Fsp3) is 0.450. The minimum atomic E-state index is 0.0291. The van der Waals surface area contributed by atoms with Crippen LogP contribution in [0.1, 0.15) is 68.5 Å². The van der Waals surface area contributed by atoms with Crippen LogP contribution in [0.15, 0.2) is 24.3 Å². The van der Waals surface area contributed by atoms with Gasteiger partial charge in [0.05, 0.1) is 11.4 Å². The Hall–Kier alpha value is -2.34. The second kappa shape index (κ2) is 6.09. The number of aromatic nitrogens is 5. The molecular formula is C20H25ClN6. The molecule has 2 atom stereocenters. The topological polar surface area (TPSA) is 85.4 Å². The summed E-state index contributed by atoms with van der Waals surface area (Å²) in [6, 6.07) is 7.74. The molecule has 0 amide bonds. The second-order valence-electron chi connectivity index (χ2n) is 8.27. The molecule has 1 aliphatic carbocycles. The van der Waals surface area contributed by atoms with Crippen molar-refractivity contribution in [3.8, 4) is 5.69 Å². The molecule has 0 bridgehead atoms. The van der Waals surface area contributed by atoms with E-state index < -0.39 is 0 Å². The zero-order valence-electron chi connectivity index (χ0n) is 16.3. The minimum absolute atomic E-state index is 0.0291. The largest absolute Gasteiger partial charge is 0.369 e. The Bertz CT molecular complexity index is 1000. The number of hydrogen-bond donors (Lipinski definition) is 2. The molecule has 0 spiro atoms. The van der Waals surface area contributed by atoms with Gasteiger partial charge < -0.3 is 10.7 Å². The van der Waals surface area contributed by atoms with Crippen LogP contribution in [0.25, 0.3) is 5.69 Å². The van der Waals surface area contributed by atoms with E-state index in [2.05, 4.69) is 37.7 Å². The number of nitrogens with two attached hydrogens (primary N) is 1. The van der Waals surface area contributed by atoms with Gasteiger partial charge in [-0.15, -0.1) is 0 Å². The fourth-order valence-electron chi connectivity index (χ4n) is 4.04. The molecule has 1 fully saturated rings. The lowest BCUT2D eigenvalue weighted by molar-refractivity contribution is 0.584. The lowest BCUT2D eigenvalue weighted by Gasteiger charge is -2.07. The highest BCUT2D eigenvalue weighted by Gasteiger charge is 2.62. The van der Waals surface area contributed by atoms with E-state index in [0.717, 1.165) is 28.7 Å². The number of H-pyrrole nitrogens is 1. The summed E-state index contributed by atoms with van der Waals surface area (Å²) in [7, 11) is 0. The average molecular weight is 385 g/mol. The van der Waals surface area contributed by atoms with Crippen molar-refractivity contribution in [2.24, 2.45) is 5.41 Å². The summed E-state index contributed by atoms with van der Waals surface area (Å²) in [5.41, 5.74) is 8.89. The van der Waals surface area contributed by atoms with Crippen LogP contribution in [0.3, 0.4) is 0 Å². The second-order valence-corrected chi connectivity index (χ2v) is 8.71. The lowest BCUT2D eigenvalue weighted by Crippen LogP contribution is -2.04. The summed E-state index contributed by atoms with van der Waals surface area (Å²) < 4.78 is 1.95. The molecule has 4 rings (SSSR count). The van der Waals surface area contributed by atoms with E-state index in [0.29, 0.717) is 11.0 Å². The van der Waals surface area contributed by atoms with E-state index in [9.17, 15) is 0 Å². The van der Waals surface area contributed by atoms with Crippen LogP contribution in [0.2, 0.25) is 5.02 Å². The summed E-state index contributed by atoms with van der Waals surface area (Å²) >= 11 is 6.23. The quantitative estimate of drug-likeness (QED) is 0.690. The van der Waals surface area contributed by atoms with Crippen LogP contribution in [-0.4, -0.2) is 24.7 Å². The van der Waals surface area contributed by atoms with E-state index in [1.54, 1.807) is 0 Å². The summed E-state index contributed by atoms with van der Waals surface area (Å²) in [5, 5.41) is 5.48. The van der Waals surface area contributed by atoms with Crippen LogP contribution >= 0.6 is 11.6 Å². The molecule has 27 heavy (non-hydrogen) atoms. The van der Waals surface area contributed by atoms with Gasteiger partial charge in [0.2, 0.25) is 0 Å². The van der Waals surface area contributed by atoms with Crippen molar-refractivity contribution in [3.05, 3.63) is 52.3 Å². The van der Waals surface area contributed by atoms with E-state index in [1.165, 1.54) is 0 Å². The zero-order valence-corrected chi connectivity index (χ0v) is 17.0. The maximum atomic E-state index is 6.23. The van der Waals surface area contributed by atoms with Crippen LogP contribution in [0.5, 0.6) is 0 Å². The van der Waals surface area contributed by atoms with E-state index in [1.807, 2.05) is 35.9 Å². The Morgan fingerprint density at radius 1 is 1.22 bits per heavy atom. The van der Waals surface area contributed by atoms with Gasteiger partial charge in [-0.2, -0.15) is 5.10 Å². The van der Waals surface area contributed by atoms with Crippen LogP contribution in [0, 0.1) is 12.3 Å². The Morgan fingerprint density at radius 3 is 2.56 bits per heavy atom. The maximum absolute atomic E-state index is 6.23. The smallest absolute Gasteiger partial charge is 0.197 e. The normalized spacial score (nSPS) is 21.0. The van der Waals surface area contributed by atoms with Gasteiger partial charge in [0.15, 0.2) is 11.8 Å². The molecule has 142 valence electrons. The molecule has 0 saturated heterocycles. The van der Waals surface area contributed by atoms with E-state index in [-0.39, 0.29) is 23.2 Å². The highest BCUT2D eigenvalue weighted by Crippen LogP contribution is 2.69. The first kappa shape index (κ1) is 18.0. The van der Waals surface area contributed by atoms with Crippen LogP contribution < -0.4 is 5.73 Å². The Balaban J connectivity index is 1.83. The van der Waals surface area contributed by atoms with Crippen molar-refractivity contribution in [1.82, 2.24) is 24.7 Å². The van der Waals surface area contributed by atoms with Gasteiger partial charge in [-0.25, -0.2) is 14.6 Å². The molecule has 0 unspecified atom stereocenters. The number of imidazole rings is 1. The number of nitrogens with zero attached hydrogens (tertiary/aromatic N) is 4. The Labute approximate surface area is 164 Å². The standard InChI is InChI=1S/C20H25ClN6/c1-10(2)17-25-18(27(26-17)13-8-6-7-12(21)9-13)15-14(20(15,4)5)16-11(3)23-19(22)24-16/h6-10,14-15H,1-5H3,(H3,22,23,24)/t14-,15-/m0/s1. The van der Waals surface area contributed by atoms with Gasteiger partial charge in [0.1, 0.15) is 5.82 Å². The molecule has 0 radical (unpaired) electrons. The molecule has 1 saturated carbocycles. The SMILES string of the molecule is Cc1nc(N)[nH]c1[C@@H]1[C@@H](c2nc(C(C)C)nn2-c2cccc(Cl)c2)C1(C)C. The molecule has 6 nitrogen and oxygen atoms in total. The number of benzene rings is 1. The van der Waals surface area contributed by atoms with Gasteiger partial charge >= 0.3 is 0 Å². The monoisotopic (exact) mass is 384 g/mol. The van der Waals surface area contributed by atoms with Gasteiger partial charge in [0, 0.05) is 28.5 Å². The minimum Gasteiger partial charge on any atom is -0.369 e. The third-order valence-corrected chi connectivity index (χ3v) is 5.81. The van der Waals surface area contributed by atoms with Crippen molar-refractivity contribution in [2.45, 2.75) is 52.4 Å². The molecule has 0 aliphatic heterocycles. The zero-order chi connectivity index (χ0) is 19.5. The summed E-state index contributed by atoms with van der Waals surface area (Å²) in [6.45, 7) is 10.7. The molecule has 7 heteroatoms. The van der Waals surface area contributed by atoms with E-state index >= 15 is 0 Å². The highest BCUT2D eigenvalue weighted by molar-refractivity contribution is 6.30. The highest BCUT2D eigenvalue weighted by atomic mass is 35.5. The van der Waals surface area contributed by atoms with Crippen LogP contribution in [0.4, 0.5) is 5.95 Å². The Kier molecular flexibility index (Phi) is 4.07. The number of halogens is 1. The van der Waals surface area contributed by atoms with Crippen LogP contribution in [-0.2, 0) is 0 Å². The molecule has 2 aromatic heterocycles. The summed E-state index contributed by atoms with van der Waals surface area (Å²) in [4.78, 5) is 12.5. The summed E-state index contributed by atoms with van der Waals surface area (Å²) in [5.74, 6) is 2.99. The lowest BCUT2D eigenvalue weighted by atomic mass is 10.1. The number of aromatic amines is 1. The maximum Gasteiger partial charge on any atom is 0.197 e. The fourth-order valence-corrected chi connectivity index (χ4v) is 4.23. The average Bonchev–Trinajstić information content (AvgIpc) is 2.91. The first-order chi connectivity index (χ1) is 12.7. The van der Waals surface area contributed by atoms with E-state index in [4.69, 9.17) is 27.4 Å². The van der Waals surface area contributed by atoms with Crippen molar-refractivity contribution in [3.63, 3.8) is 0 Å². The number of nitrogens with one attached hydrogen (secondary N) is 1. The van der Waals surface area contributed by atoms with Gasteiger partial charge in [-0.1, -0.05) is 45.4 Å². The molecule has 1 aliphatic rings. The number of hydrogen-bond acceptors (Lipinski definition) is 4. The number of nitrogen functional groups attached to an aromatic ring is 1. The first-order valence-electron chi connectivity index (χ1n) is 9.25. The van der Waals surface area contributed by atoms with Crippen molar-refractivity contribution in [2.75, 3.05) is 5.73 Å². The predicted molar refractivity (Wildman–Crippen MR) is 107 cm³/mol. The van der Waals surface area contributed by atoms with Crippen molar-refractivity contribution < 1.29 is 0 Å². The third-order valence-electron chi connectivity index (χ3n) is 5.57. The molecule has 3 aromatic rings. The predicted octanol–water partition coefficient (Wildman–Crippen LogP) is 4.57. The van der Waals surface area contributed by atoms with Crippen molar-refractivity contribution >= 4 is 17.5 Å². The molecule has 1 aromatic carbocycles. The Morgan fingerprint density at radius 2 is 1.96 bits per heavy atom. The number of anilines is 1. The first-order valence-corrected chi connectivity index (χ1v) is 9.62. The van der Waals surface area contributed by atoms with Gasteiger partial charge in [-0.3, -0.25) is 0 Å². The third kappa shape index (κ3) is 2.92. The summed E-state index contributed by atoms with van der Waals surface area (Å²) in [6.07, 6.45) is 0. The number of aryl methyl sites for hydroxylation is 1. The van der Waals surface area contributed by atoms with Gasteiger partial charge in [-0.05, 0) is 30.5 Å². The molecular weight excluding hydrogens is 360 g/mol. The number of rotatable bonds is 4.